The summed E-state index contributed by atoms with van der Waals surface area (Å²) in [6, 6.07) is 48.9. The second-order valence-corrected chi connectivity index (χ2v) is 20.4. The second-order valence-electron chi connectivity index (χ2n) is 20.4. The van der Waals surface area contributed by atoms with Gasteiger partial charge in [-0.05, 0) is 101 Å². The van der Waals surface area contributed by atoms with Crippen molar-refractivity contribution in [2.45, 2.75) is 103 Å². The van der Waals surface area contributed by atoms with E-state index in [0.717, 1.165) is 22.5 Å². The van der Waals surface area contributed by atoms with Gasteiger partial charge in [0, 0.05) is 72.1 Å². The number of nitrogens with zero attached hydrogens (tertiary/aromatic N) is 3. The summed E-state index contributed by atoms with van der Waals surface area (Å²) >= 11 is 0. The quantitative estimate of drug-likeness (QED) is 0.0194. The maximum atomic E-state index is 14.0. The number of aromatic nitrogens is 2. The molecule has 0 fully saturated rings. The number of ketones is 2. The Morgan fingerprint density at radius 1 is 0.530 bits per heavy atom. The molecule has 0 radical (unpaired) electrons. The van der Waals surface area contributed by atoms with Crippen LogP contribution in [0.1, 0.15) is 105 Å². The molecule has 0 saturated carbocycles. The number of amides is 1. The summed E-state index contributed by atoms with van der Waals surface area (Å²) < 4.78 is 31.9. The number of carbonyl (C=O) groups is 5. The average Bonchev–Trinajstić information content (AvgIpc) is 3.22. The average molecular weight is 1150 g/mol. The maximum Gasteiger partial charge on any atom is 2.00 e. The number of aliphatic hydroxyl groups excluding tert-OH is 2. The zero-order chi connectivity index (χ0) is 59.0. The number of carboxylic acid groups (broad SMARTS) is 2. The van der Waals surface area contributed by atoms with Gasteiger partial charge in [0.15, 0.2) is 0 Å². The molecule has 2 aromatic heterocycles. The van der Waals surface area contributed by atoms with Gasteiger partial charge in [-0.1, -0.05) is 149 Å². The third-order valence-electron chi connectivity index (χ3n) is 13.5. The summed E-state index contributed by atoms with van der Waals surface area (Å²) in [7, 11) is 0. The Labute approximate surface area is 510 Å². The molecule has 8 rings (SSSR count). The minimum absolute atomic E-state index is 0. The molecular weight excluding hydrogens is 1090 g/mol. The number of hydrogen-bond acceptors (Lipinski definition) is 10. The summed E-state index contributed by atoms with van der Waals surface area (Å²) in [4.78, 5) is 64.2. The van der Waals surface area contributed by atoms with E-state index in [9.17, 15) is 53.2 Å². The molecule has 8 aromatic rings. The van der Waals surface area contributed by atoms with Gasteiger partial charge in [-0.2, -0.15) is 0 Å². The molecule has 17 heteroatoms. The fraction of sp³-hybridized carbons (Fsp3) is 0.242. The van der Waals surface area contributed by atoms with Crippen LogP contribution in [0.4, 0.5) is 20.2 Å². The van der Waals surface area contributed by atoms with E-state index in [4.69, 9.17) is 5.11 Å². The van der Waals surface area contributed by atoms with Gasteiger partial charge >= 0.3 is 43.7 Å². The molecule has 0 spiro atoms. The first-order chi connectivity index (χ1) is 39.3. The van der Waals surface area contributed by atoms with Crippen molar-refractivity contribution in [3.05, 3.63) is 204 Å². The Morgan fingerprint density at radius 2 is 0.916 bits per heavy atom. The van der Waals surface area contributed by atoms with Crippen LogP contribution in [0.3, 0.4) is 0 Å². The van der Waals surface area contributed by atoms with E-state index in [-0.39, 0.29) is 94.3 Å². The number of nitrogens with one attached hydrogen (secondary N) is 1. The van der Waals surface area contributed by atoms with Crippen molar-refractivity contribution in [1.82, 2.24) is 9.13 Å². The summed E-state index contributed by atoms with van der Waals surface area (Å²) in [6.45, 7) is 8.33. The van der Waals surface area contributed by atoms with Crippen LogP contribution in [0.25, 0.3) is 44.8 Å². The molecule has 2 heterocycles. The minimum atomic E-state index is -1.49. The van der Waals surface area contributed by atoms with Crippen molar-refractivity contribution in [3.63, 3.8) is 0 Å². The minimum Gasteiger partial charge on any atom is -0.858 e. The smallest absolute Gasteiger partial charge is 0.858 e. The van der Waals surface area contributed by atoms with E-state index in [1.807, 2.05) is 122 Å². The maximum absolute atomic E-state index is 14.0. The number of aliphatic carboxylic acids is 2. The predicted octanol–water partition coefficient (Wildman–Crippen LogP) is 10.5. The first kappa shape index (κ1) is 64.3. The van der Waals surface area contributed by atoms with Crippen LogP contribution in [-0.2, 0) is 32.3 Å². The van der Waals surface area contributed by atoms with Gasteiger partial charge < -0.3 is 44.8 Å². The molecule has 0 aliphatic heterocycles. The molecule has 0 aliphatic rings. The predicted molar refractivity (Wildman–Crippen MR) is 314 cm³/mol. The Bertz CT molecular complexity index is 3520. The van der Waals surface area contributed by atoms with Gasteiger partial charge in [-0.3, -0.25) is 24.2 Å². The van der Waals surface area contributed by atoms with E-state index >= 15 is 0 Å². The molecule has 6 aromatic carbocycles. The van der Waals surface area contributed by atoms with Crippen molar-refractivity contribution in [2.24, 2.45) is 4.99 Å². The Kier molecular flexibility index (Phi) is 23.6. The van der Waals surface area contributed by atoms with Crippen LogP contribution in [0, 0.1) is 11.6 Å². The molecule has 2 atom stereocenters. The fourth-order valence-electron chi connectivity index (χ4n) is 10.1. The summed E-state index contributed by atoms with van der Waals surface area (Å²) in [6.07, 6.45) is -3.90. The molecule has 0 aliphatic carbocycles. The van der Waals surface area contributed by atoms with Gasteiger partial charge in [-0.25, -0.2) is 8.78 Å². The molecule has 0 bridgehead atoms. The van der Waals surface area contributed by atoms with Gasteiger partial charge in [0.05, 0.1) is 34.8 Å². The SMILES string of the molecule is CC(C)c1c(C(=O)Nc2ccccc2)c(-c2ccc(F)cc2)c(-c2ccccc2)n1CC[C@@H](O)CC(=O)CC(=O)O.CC(C)c1c(C([O-])=Nc2ccccc2)c(-c2ccc(F)cc2)c(-c2ccccc2)n1CC[C@@H](O)CC(=O)CC(=O)[O-].[Ca+2]. The number of aliphatic imine (C=N–C) groups is 1. The van der Waals surface area contributed by atoms with Gasteiger partial charge in [0.25, 0.3) is 5.91 Å². The van der Waals surface area contributed by atoms with Crippen LogP contribution in [0.15, 0.2) is 175 Å². The first-order valence-electron chi connectivity index (χ1n) is 26.9. The number of rotatable bonds is 24. The first-order valence-corrected chi connectivity index (χ1v) is 26.9. The van der Waals surface area contributed by atoms with Crippen LogP contribution in [0.5, 0.6) is 0 Å². The second kappa shape index (κ2) is 30.4. The topological polar surface area (TPSA) is 226 Å². The zero-order valence-electron chi connectivity index (χ0n) is 46.6. The molecule has 14 nitrogen and oxygen atoms in total. The summed E-state index contributed by atoms with van der Waals surface area (Å²) in [5.74, 6) is -5.79. The van der Waals surface area contributed by atoms with E-state index in [0.29, 0.717) is 56.1 Å². The molecule has 1 amide bonds. The Hall–Kier alpha value is -7.86. The van der Waals surface area contributed by atoms with Gasteiger partial charge in [0.2, 0.25) is 0 Å². The Balaban J connectivity index is 0.000000263. The van der Waals surface area contributed by atoms with Gasteiger partial charge in [-0.15, -0.1) is 0 Å². The van der Waals surface area contributed by atoms with Crippen LogP contribution in [-0.4, -0.2) is 110 Å². The third kappa shape index (κ3) is 17.1. The standard InChI is InChI=1S/2C33H33FN2O5.Ca/c2*1-21(2)31-30(33(41)35-25-11-7-4-8-12-25)29(22-13-15-24(34)16-14-22)32(23-9-5-3-6-10-23)36(31)18-17-26(37)19-27(38)20-28(39)40;/h2*3-16,21,26,37H,17-20H2,1-2H3,(H,35,41)(H,39,40);/q;;+2/p-2/t2*26-;/m11./s1. The number of Topliss-reactive ketones (excluding diaryl/α,β-unsaturated/α-hetero) is 2. The van der Waals surface area contributed by atoms with Crippen LogP contribution >= 0.6 is 0 Å². The number of benzene rings is 6. The fourth-order valence-corrected chi connectivity index (χ4v) is 10.1. The number of carboxylic acids is 2. The number of para-hydroxylation sites is 2. The van der Waals surface area contributed by atoms with E-state index < -0.39 is 66.1 Å². The van der Waals surface area contributed by atoms with Crippen LogP contribution < -0.4 is 15.5 Å². The third-order valence-corrected chi connectivity index (χ3v) is 13.5. The van der Waals surface area contributed by atoms with Crippen molar-refractivity contribution in [1.29, 1.82) is 0 Å². The zero-order valence-corrected chi connectivity index (χ0v) is 48.8. The van der Waals surface area contributed by atoms with Crippen molar-refractivity contribution < 1.29 is 58.3 Å². The van der Waals surface area contributed by atoms with Crippen LogP contribution in [0.2, 0.25) is 0 Å². The number of carbonyl (C=O) groups excluding carboxylic acids is 4. The number of aliphatic hydroxyl groups is 2. The molecule has 83 heavy (non-hydrogen) atoms. The van der Waals surface area contributed by atoms with Crippen molar-refractivity contribution >= 4 is 84.4 Å². The molecule has 0 unspecified atom stereocenters. The summed E-state index contributed by atoms with van der Waals surface area (Å²) in [5.41, 5.74) is 8.87. The van der Waals surface area contributed by atoms with Crippen molar-refractivity contribution in [3.8, 4) is 44.8 Å². The van der Waals surface area contributed by atoms with Crippen molar-refractivity contribution in [2.75, 3.05) is 5.32 Å². The molecule has 0 saturated heterocycles. The molecule has 4 N–H and O–H groups in total. The monoisotopic (exact) mass is 1150 g/mol. The van der Waals surface area contributed by atoms with E-state index in [1.165, 1.54) is 24.3 Å². The molecule has 424 valence electrons. The summed E-state index contributed by atoms with van der Waals surface area (Å²) in [5, 5.41) is 58.0. The number of hydrogen-bond donors (Lipinski definition) is 4. The largest absolute Gasteiger partial charge is 2.00 e. The normalized spacial score (nSPS) is 12.0. The number of halogens is 2. The van der Waals surface area contributed by atoms with Gasteiger partial charge in [0.1, 0.15) is 29.6 Å². The van der Waals surface area contributed by atoms with E-state index in [1.54, 1.807) is 60.7 Å². The van der Waals surface area contributed by atoms with E-state index in [2.05, 4.69) is 10.3 Å². The Morgan fingerprint density at radius 3 is 1.33 bits per heavy atom. The number of anilines is 1. The molecular formula is C66H64CaF2N4O10.